The van der Waals surface area contributed by atoms with Crippen LogP contribution in [0.1, 0.15) is 124 Å². The van der Waals surface area contributed by atoms with Crippen LogP contribution in [-0.2, 0) is 33.7 Å². The number of hydrogen-bond acceptors (Lipinski definition) is 0. The second kappa shape index (κ2) is 20.2. The second-order valence-electron chi connectivity index (χ2n) is 22.5. The van der Waals surface area contributed by atoms with Crippen LogP contribution in [0.15, 0.2) is 97.1 Å². The van der Waals surface area contributed by atoms with Crippen LogP contribution < -0.4 is 0 Å². The topological polar surface area (TPSA) is 0 Å². The molecule has 0 N–H and O–H groups in total. The summed E-state index contributed by atoms with van der Waals surface area (Å²) in [6.45, 7) is 13.3. The van der Waals surface area contributed by atoms with Gasteiger partial charge in [0.2, 0.25) is 0 Å². The molecule has 0 heterocycles. The molecule has 6 aromatic carbocycles. The molecule has 0 saturated heterocycles. The fraction of sp³-hybridized carbons (Fsp3) is 0.500. The van der Waals surface area contributed by atoms with Crippen LogP contribution in [0.4, 0.5) is 0 Å². The predicted octanol–water partition coefficient (Wildman–Crippen LogP) is 18.1. The standard InChI is InChI=1S/2C28H31.C4H10Si.2ClH.Zr/c2*1-18-6-19(2)8-25(7-18)26-5-3-4-24-12-23(13-27(24)26)17-28-14-20-9-21(15-28)11-22(10-20)16-28;1-3-4-5-2;;;/h2*3-8,12-13,20-22H,9-11,14-17H2,1-2H3;3-4H2,1-2H3;2*1H;/q2*-1;;;;+4/p-2. The van der Waals surface area contributed by atoms with Crippen molar-refractivity contribution < 1.29 is 20.8 Å². The van der Waals surface area contributed by atoms with Gasteiger partial charge < -0.3 is 0 Å². The van der Waals surface area contributed by atoms with Crippen molar-refractivity contribution in [1.29, 1.82) is 0 Å². The molecule has 8 fully saturated rings. The van der Waals surface area contributed by atoms with E-state index in [-0.39, 0.29) is 0 Å². The van der Waals surface area contributed by atoms with Gasteiger partial charge in [-0.1, -0.05) is 108 Å². The van der Waals surface area contributed by atoms with E-state index < -0.39 is 20.8 Å². The molecule has 14 rings (SSSR count). The minimum atomic E-state index is -0.826. The summed E-state index contributed by atoms with van der Waals surface area (Å²) in [6, 6.07) is 39.1. The molecule has 0 aromatic heterocycles. The zero-order valence-corrected chi connectivity index (χ0v) is 44.7. The van der Waals surface area contributed by atoms with Crippen molar-refractivity contribution >= 4 is 48.1 Å². The van der Waals surface area contributed by atoms with Gasteiger partial charge in [-0.15, -0.1) is 69.1 Å². The van der Waals surface area contributed by atoms with Gasteiger partial charge in [-0.3, -0.25) is 0 Å². The van der Waals surface area contributed by atoms with E-state index in [1.807, 2.05) is 0 Å². The van der Waals surface area contributed by atoms with Crippen molar-refractivity contribution in [2.75, 3.05) is 0 Å². The third-order valence-corrected chi connectivity index (χ3v) is 17.7. The second-order valence-corrected chi connectivity index (χ2v) is 27.4. The van der Waals surface area contributed by atoms with Gasteiger partial charge in [-0.05, 0) is 175 Å². The molecule has 0 spiro atoms. The summed E-state index contributed by atoms with van der Waals surface area (Å²) >= 11 is -0.826. The van der Waals surface area contributed by atoms with Gasteiger partial charge in [0.1, 0.15) is 0 Å². The molecule has 8 aliphatic carbocycles. The first-order chi connectivity index (χ1) is 30.9. The molecule has 0 atom stereocenters. The average Bonchev–Trinajstić information content (AvgIpc) is 3.82. The molecule has 8 saturated carbocycles. The summed E-state index contributed by atoms with van der Waals surface area (Å²) in [6.07, 6.45) is 22.3. The molecular weight excluding hydrogens is 911 g/mol. The summed E-state index contributed by atoms with van der Waals surface area (Å²) in [5, 5.41) is 5.76. The molecular formula is C60H72Cl2SiZr. The molecule has 0 aliphatic heterocycles. The molecule has 0 amide bonds. The first kappa shape index (κ1) is 46.9. The summed E-state index contributed by atoms with van der Waals surface area (Å²) in [4.78, 5) is 0. The van der Waals surface area contributed by atoms with E-state index in [1.54, 1.807) is 11.1 Å². The van der Waals surface area contributed by atoms with Crippen molar-refractivity contribution in [2.45, 2.75) is 144 Å². The van der Waals surface area contributed by atoms with Crippen LogP contribution in [0, 0.1) is 74.0 Å². The van der Waals surface area contributed by atoms with Gasteiger partial charge in [0.05, 0.1) is 0 Å². The fourth-order valence-electron chi connectivity index (χ4n) is 15.7. The zero-order chi connectivity index (χ0) is 44.6. The van der Waals surface area contributed by atoms with Crippen LogP contribution in [0.25, 0.3) is 43.8 Å². The van der Waals surface area contributed by atoms with Gasteiger partial charge in [-0.25, -0.2) is 0 Å². The molecule has 0 nitrogen and oxygen atoms in total. The number of rotatable bonds is 8. The molecule has 2 radical (unpaired) electrons. The number of halogens is 2. The van der Waals surface area contributed by atoms with E-state index in [0.29, 0.717) is 10.8 Å². The number of hydrogen-bond donors (Lipinski definition) is 0. The van der Waals surface area contributed by atoms with E-state index in [4.69, 9.17) is 17.0 Å². The first-order valence-corrected chi connectivity index (χ1v) is 33.1. The molecule has 64 heavy (non-hydrogen) atoms. The summed E-state index contributed by atoms with van der Waals surface area (Å²) in [7, 11) is 11.0. The minimum absolute atomic E-state index is 0.624. The number of benzene rings is 4. The number of aryl methyl sites for hydroxylation is 4. The Balaban J connectivity index is 0.000000139. The van der Waals surface area contributed by atoms with E-state index in [2.05, 4.69) is 138 Å². The van der Waals surface area contributed by atoms with Gasteiger partial charge in [0, 0.05) is 9.52 Å². The maximum absolute atomic E-state index is 4.93. The number of fused-ring (bicyclic) bond motifs is 2. The quantitative estimate of drug-likeness (QED) is 0.105. The fourth-order valence-corrected chi connectivity index (χ4v) is 16.2. The van der Waals surface area contributed by atoms with Gasteiger partial charge in [0.25, 0.3) is 0 Å². The molecule has 4 heteroatoms. The Morgan fingerprint density at radius 2 is 0.859 bits per heavy atom. The average molecular weight is 983 g/mol. The molecule has 8 aliphatic rings. The molecule has 8 bridgehead atoms. The van der Waals surface area contributed by atoms with E-state index in [1.165, 1.54) is 168 Å². The van der Waals surface area contributed by atoms with Gasteiger partial charge in [-0.2, -0.15) is 12.1 Å². The van der Waals surface area contributed by atoms with E-state index in [9.17, 15) is 0 Å². The van der Waals surface area contributed by atoms with Crippen LogP contribution in [0.2, 0.25) is 12.6 Å². The molecule has 0 unspecified atom stereocenters. The maximum atomic E-state index is 4.93. The van der Waals surface area contributed by atoms with Gasteiger partial charge >= 0.3 is 37.9 Å². The Hall–Kier alpha value is -2.22. The normalized spacial score (nSPS) is 27.9. The van der Waals surface area contributed by atoms with Crippen molar-refractivity contribution in [1.82, 2.24) is 0 Å². The van der Waals surface area contributed by atoms with Gasteiger partial charge in [0.15, 0.2) is 0 Å². The summed E-state index contributed by atoms with van der Waals surface area (Å²) in [5.41, 5.74) is 15.4. The van der Waals surface area contributed by atoms with E-state index >= 15 is 0 Å². The molecule has 6 aromatic rings. The third kappa shape index (κ3) is 10.6. The Morgan fingerprint density at radius 1 is 0.531 bits per heavy atom. The van der Waals surface area contributed by atoms with E-state index in [0.717, 1.165) is 45.0 Å². The molecule has 334 valence electrons. The zero-order valence-electron chi connectivity index (χ0n) is 39.8. The van der Waals surface area contributed by atoms with Crippen molar-refractivity contribution in [3.63, 3.8) is 0 Å². The van der Waals surface area contributed by atoms with Crippen molar-refractivity contribution in [3.8, 4) is 22.3 Å². The SMILES string of the molecule is CCC[Si]C.Cc1cc(C)cc(-c2cccc3[cH-]c(CC45CC6CC(CC(C6)C4)C5)cc23)c1.Cc1cc(C)cc(-c2cccc3[cH-]c(CC45CC6CC(CC(C6)C4)C5)cc23)c1.[Cl][Zr+2][Cl]. The Kier molecular flexibility index (Phi) is 14.8. The predicted molar refractivity (Wildman–Crippen MR) is 276 cm³/mol. The van der Waals surface area contributed by atoms with Crippen molar-refractivity contribution in [3.05, 3.63) is 130 Å². The third-order valence-electron chi connectivity index (χ3n) is 16.7. The first-order valence-electron chi connectivity index (χ1n) is 25.1. The van der Waals surface area contributed by atoms with Crippen LogP contribution in [0.3, 0.4) is 0 Å². The summed E-state index contributed by atoms with van der Waals surface area (Å²) < 4.78 is 0. The Morgan fingerprint density at radius 3 is 1.14 bits per heavy atom. The Labute approximate surface area is 408 Å². The van der Waals surface area contributed by atoms with Crippen LogP contribution >= 0.6 is 17.0 Å². The summed E-state index contributed by atoms with van der Waals surface area (Å²) in [5.74, 6) is 6.26. The monoisotopic (exact) mass is 980 g/mol. The van der Waals surface area contributed by atoms with Crippen LogP contribution in [-0.4, -0.2) is 9.52 Å². The van der Waals surface area contributed by atoms with Crippen molar-refractivity contribution in [2.24, 2.45) is 46.3 Å². The Bertz CT molecular complexity index is 2250. The van der Waals surface area contributed by atoms with Crippen LogP contribution in [0.5, 0.6) is 0 Å².